The molecule has 2 heterocycles. The molecule has 1 aromatic carbocycles. The monoisotopic (exact) mass is 355 g/mol. The van der Waals surface area contributed by atoms with Crippen LogP contribution in [0.15, 0.2) is 56.1 Å². The Kier molecular flexibility index (Phi) is 4.85. The standard InChI is InChI=1S/C18H17N3O5/c1-21(2)10-12-7-8-15(25-12)17(23)20-19-16(22)13-9-11-5-3-4-6-14(11)26-18(13)24/h3-9H,10H2,1-2H3,(H,19,22)(H,20,23). The quantitative estimate of drug-likeness (QED) is 0.543. The maximum absolute atomic E-state index is 12.2. The van der Waals surface area contributed by atoms with Crippen LogP contribution in [0.1, 0.15) is 26.7 Å². The van der Waals surface area contributed by atoms with Gasteiger partial charge in [0.25, 0.3) is 5.91 Å². The Morgan fingerprint density at radius 2 is 1.73 bits per heavy atom. The number of fused-ring (bicyclic) bond motifs is 1. The smallest absolute Gasteiger partial charge is 0.349 e. The topological polar surface area (TPSA) is 105 Å². The number of furan rings is 1. The van der Waals surface area contributed by atoms with Gasteiger partial charge in [-0.3, -0.25) is 20.4 Å². The second-order valence-electron chi connectivity index (χ2n) is 5.90. The Balaban J connectivity index is 1.68. The van der Waals surface area contributed by atoms with Crippen LogP contribution in [0.3, 0.4) is 0 Å². The van der Waals surface area contributed by atoms with Gasteiger partial charge in [0.2, 0.25) is 0 Å². The predicted molar refractivity (Wildman–Crippen MR) is 93.5 cm³/mol. The molecule has 26 heavy (non-hydrogen) atoms. The second kappa shape index (κ2) is 7.24. The molecule has 0 bridgehead atoms. The highest BCUT2D eigenvalue weighted by Crippen LogP contribution is 2.12. The van der Waals surface area contributed by atoms with Crippen molar-refractivity contribution in [3.63, 3.8) is 0 Å². The fourth-order valence-electron chi connectivity index (χ4n) is 2.36. The lowest BCUT2D eigenvalue weighted by molar-refractivity contribution is 0.0827. The molecule has 0 aliphatic carbocycles. The fraction of sp³-hybridized carbons (Fsp3) is 0.167. The summed E-state index contributed by atoms with van der Waals surface area (Å²) in [6.07, 6.45) is 0. The molecule has 0 saturated carbocycles. The number of hydrogen-bond acceptors (Lipinski definition) is 6. The second-order valence-corrected chi connectivity index (χ2v) is 5.90. The molecule has 0 unspecified atom stereocenters. The Bertz CT molecular complexity index is 1020. The zero-order chi connectivity index (χ0) is 18.7. The van der Waals surface area contributed by atoms with Crippen molar-refractivity contribution in [3.8, 4) is 0 Å². The molecule has 3 aromatic rings. The highest BCUT2D eigenvalue weighted by molar-refractivity contribution is 5.99. The lowest BCUT2D eigenvalue weighted by Crippen LogP contribution is -2.43. The van der Waals surface area contributed by atoms with Crippen molar-refractivity contribution in [2.24, 2.45) is 0 Å². The molecule has 0 aliphatic heterocycles. The summed E-state index contributed by atoms with van der Waals surface area (Å²) in [5, 5.41) is 0.600. The lowest BCUT2D eigenvalue weighted by Gasteiger charge is -2.07. The molecule has 0 fully saturated rings. The molecule has 0 radical (unpaired) electrons. The molecule has 8 nitrogen and oxygen atoms in total. The number of nitrogens with one attached hydrogen (secondary N) is 2. The average molecular weight is 355 g/mol. The average Bonchev–Trinajstić information content (AvgIpc) is 3.06. The van der Waals surface area contributed by atoms with Gasteiger partial charge in [-0.25, -0.2) is 4.79 Å². The lowest BCUT2D eigenvalue weighted by atomic mass is 10.2. The number of carbonyl (C=O) groups excluding carboxylic acids is 2. The minimum absolute atomic E-state index is 0.0488. The normalized spacial score (nSPS) is 10.9. The molecule has 2 aromatic heterocycles. The highest BCUT2D eigenvalue weighted by atomic mass is 16.4. The number of carbonyl (C=O) groups is 2. The van der Waals surface area contributed by atoms with Crippen molar-refractivity contribution in [1.82, 2.24) is 15.8 Å². The summed E-state index contributed by atoms with van der Waals surface area (Å²) in [5.41, 5.74) is 3.77. The molecular formula is C18H17N3O5. The number of nitrogens with zero attached hydrogens (tertiary/aromatic N) is 1. The molecule has 0 spiro atoms. The summed E-state index contributed by atoms with van der Waals surface area (Å²) < 4.78 is 10.5. The number of para-hydroxylation sites is 1. The Morgan fingerprint density at radius 3 is 2.50 bits per heavy atom. The van der Waals surface area contributed by atoms with E-state index in [9.17, 15) is 14.4 Å². The van der Waals surface area contributed by atoms with E-state index in [0.29, 0.717) is 23.3 Å². The van der Waals surface area contributed by atoms with E-state index >= 15 is 0 Å². The number of benzene rings is 1. The van der Waals surface area contributed by atoms with E-state index in [-0.39, 0.29) is 11.3 Å². The maximum atomic E-state index is 12.2. The van der Waals surface area contributed by atoms with Crippen LogP contribution < -0.4 is 16.5 Å². The Labute approximate surface area is 148 Å². The van der Waals surface area contributed by atoms with Crippen LogP contribution in [0.25, 0.3) is 11.0 Å². The molecule has 0 aliphatic rings. The van der Waals surface area contributed by atoms with Crippen molar-refractivity contribution < 1.29 is 18.4 Å². The minimum atomic E-state index is -0.790. The molecule has 134 valence electrons. The van der Waals surface area contributed by atoms with Gasteiger partial charge in [0, 0.05) is 5.39 Å². The number of rotatable bonds is 4. The van der Waals surface area contributed by atoms with Crippen LogP contribution in [-0.4, -0.2) is 30.8 Å². The summed E-state index contributed by atoms with van der Waals surface area (Å²) in [6, 6.07) is 11.4. The van der Waals surface area contributed by atoms with Crippen LogP contribution in [0.4, 0.5) is 0 Å². The maximum Gasteiger partial charge on any atom is 0.349 e. The van der Waals surface area contributed by atoms with Gasteiger partial charge in [-0.05, 0) is 38.4 Å². The molecule has 0 atom stereocenters. The van der Waals surface area contributed by atoms with E-state index in [4.69, 9.17) is 8.83 Å². The first-order valence-corrected chi connectivity index (χ1v) is 7.81. The van der Waals surface area contributed by atoms with E-state index in [1.807, 2.05) is 19.0 Å². The summed E-state index contributed by atoms with van der Waals surface area (Å²) >= 11 is 0. The largest absolute Gasteiger partial charge is 0.454 e. The Morgan fingerprint density at radius 1 is 1.00 bits per heavy atom. The summed E-state index contributed by atoms with van der Waals surface area (Å²) in [6.45, 7) is 0.539. The van der Waals surface area contributed by atoms with Crippen molar-refractivity contribution in [3.05, 3.63) is 70.0 Å². The third-order valence-electron chi connectivity index (χ3n) is 3.53. The van der Waals surface area contributed by atoms with Gasteiger partial charge in [-0.1, -0.05) is 18.2 Å². The zero-order valence-corrected chi connectivity index (χ0v) is 14.2. The third-order valence-corrected chi connectivity index (χ3v) is 3.53. The molecule has 0 saturated heterocycles. The van der Waals surface area contributed by atoms with E-state index in [2.05, 4.69) is 10.9 Å². The Hall–Kier alpha value is -3.39. The fourth-order valence-corrected chi connectivity index (χ4v) is 2.36. The van der Waals surface area contributed by atoms with Gasteiger partial charge < -0.3 is 13.7 Å². The van der Waals surface area contributed by atoms with E-state index in [1.54, 1.807) is 30.3 Å². The summed E-state index contributed by atoms with van der Waals surface area (Å²) in [5.74, 6) is -0.749. The molecule has 2 amide bonds. The zero-order valence-electron chi connectivity index (χ0n) is 14.2. The van der Waals surface area contributed by atoms with Crippen LogP contribution in [0.2, 0.25) is 0 Å². The number of hydrazine groups is 1. The van der Waals surface area contributed by atoms with Crippen LogP contribution >= 0.6 is 0 Å². The van der Waals surface area contributed by atoms with E-state index in [0.717, 1.165) is 0 Å². The van der Waals surface area contributed by atoms with Crippen molar-refractivity contribution in [1.29, 1.82) is 0 Å². The third kappa shape index (κ3) is 3.81. The minimum Gasteiger partial charge on any atom is -0.454 e. The summed E-state index contributed by atoms with van der Waals surface area (Å²) in [4.78, 5) is 38.0. The first-order chi connectivity index (χ1) is 12.4. The van der Waals surface area contributed by atoms with Crippen LogP contribution in [0, 0.1) is 0 Å². The van der Waals surface area contributed by atoms with Crippen LogP contribution in [0.5, 0.6) is 0 Å². The highest BCUT2D eigenvalue weighted by Gasteiger charge is 2.16. The molecule has 3 rings (SSSR count). The van der Waals surface area contributed by atoms with E-state index in [1.165, 1.54) is 12.1 Å². The van der Waals surface area contributed by atoms with Gasteiger partial charge in [0.15, 0.2) is 5.76 Å². The van der Waals surface area contributed by atoms with Gasteiger partial charge in [-0.15, -0.1) is 0 Å². The SMILES string of the molecule is CN(C)Cc1ccc(C(=O)NNC(=O)c2cc3ccccc3oc2=O)o1. The van der Waals surface area contributed by atoms with Gasteiger partial charge in [0.05, 0.1) is 6.54 Å². The van der Waals surface area contributed by atoms with Gasteiger partial charge in [0.1, 0.15) is 16.9 Å². The van der Waals surface area contributed by atoms with Crippen molar-refractivity contribution in [2.75, 3.05) is 14.1 Å². The van der Waals surface area contributed by atoms with Crippen LogP contribution in [-0.2, 0) is 6.54 Å². The van der Waals surface area contributed by atoms with Crippen molar-refractivity contribution >= 4 is 22.8 Å². The molecular weight excluding hydrogens is 338 g/mol. The van der Waals surface area contributed by atoms with Crippen molar-refractivity contribution in [2.45, 2.75) is 6.54 Å². The van der Waals surface area contributed by atoms with E-state index < -0.39 is 17.4 Å². The molecule has 8 heteroatoms. The first-order valence-electron chi connectivity index (χ1n) is 7.81. The number of hydrogen-bond donors (Lipinski definition) is 2. The summed E-state index contributed by atoms with van der Waals surface area (Å²) in [7, 11) is 3.75. The van der Waals surface area contributed by atoms with Gasteiger partial charge >= 0.3 is 11.5 Å². The first kappa shape index (κ1) is 17.4. The van der Waals surface area contributed by atoms with Gasteiger partial charge in [-0.2, -0.15) is 0 Å². The predicted octanol–water partition coefficient (Wildman–Crippen LogP) is 1.52. The number of amides is 2. The molecule has 2 N–H and O–H groups in total.